The number of carboxylic acid groups (broad SMARTS) is 1. The van der Waals surface area contributed by atoms with Crippen molar-refractivity contribution in [1.29, 1.82) is 0 Å². The minimum atomic E-state index is -0.965. The summed E-state index contributed by atoms with van der Waals surface area (Å²) in [5.41, 5.74) is 2.31. The number of nitrogens with zero attached hydrogens (tertiary/aromatic N) is 4. The Morgan fingerprint density at radius 3 is 2.46 bits per heavy atom. The SMILES string of the molecule is CCCCC(=O)N(Cc1ccc2oc(-c3ccccc3-c3nn[nH]n3)cc2c1)CC(CC)(CC)C(=O)O. The van der Waals surface area contributed by atoms with Gasteiger partial charge in [-0.05, 0) is 48.2 Å². The van der Waals surface area contributed by atoms with Crippen LogP contribution >= 0.6 is 0 Å². The molecule has 37 heavy (non-hydrogen) atoms. The molecule has 9 nitrogen and oxygen atoms in total. The Labute approximate surface area is 215 Å². The number of carbonyl (C=O) groups is 2. The van der Waals surface area contributed by atoms with Crippen molar-refractivity contribution in [2.75, 3.05) is 6.54 Å². The number of carbonyl (C=O) groups excluding carboxylic acids is 1. The van der Waals surface area contributed by atoms with Crippen molar-refractivity contribution in [1.82, 2.24) is 25.5 Å². The number of nitrogens with one attached hydrogen (secondary N) is 1. The van der Waals surface area contributed by atoms with Crippen molar-refractivity contribution in [2.24, 2.45) is 5.41 Å². The molecule has 0 saturated carbocycles. The first-order valence-corrected chi connectivity index (χ1v) is 12.8. The molecule has 0 fully saturated rings. The molecule has 0 aliphatic rings. The summed E-state index contributed by atoms with van der Waals surface area (Å²) in [7, 11) is 0. The summed E-state index contributed by atoms with van der Waals surface area (Å²) >= 11 is 0. The molecule has 194 valence electrons. The van der Waals surface area contributed by atoms with Crippen LogP contribution in [0.5, 0.6) is 0 Å². The van der Waals surface area contributed by atoms with Crippen molar-refractivity contribution in [3.63, 3.8) is 0 Å². The predicted octanol–water partition coefficient (Wildman–Crippen LogP) is 5.69. The van der Waals surface area contributed by atoms with Crippen LogP contribution in [0.3, 0.4) is 0 Å². The van der Waals surface area contributed by atoms with Gasteiger partial charge in [0.2, 0.25) is 11.7 Å². The fraction of sp³-hybridized carbons (Fsp3) is 0.393. The monoisotopic (exact) mass is 503 g/mol. The number of benzene rings is 2. The van der Waals surface area contributed by atoms with Crippen molar-refractivity contribution < 1.29 is 19.1 Å². The predicted molar refractivity (Wildman–Crippen MR) is 140 cm³/mol. The van der Waals surface area contributed by atoms with Crippen LogP contribution in [0.25, 0.3) is 33.7 Å². The number of amides is 1. The Balaban J connectivity index is 1.65. The molecule has 0 atom stereocenters. The van der Waals surface area contributed by atoms with Crippen LogP contribution < -0.4 is 0 Å². The second kappa shape index (κ2) is 11.4. The molecule has 1 amide bonds. The van der Waals surface area contributed by atoms with Gasteiger partial charge >= 0.3 is 5.97 Å². The van der Waals surface area contributed by atoms with E-state index in [9.17, 15) is 14.7 Å². The van der Waals surface area contributed by atoms with E-state index in [0.717, 1.165) is 34.9 Å². The highest BCUT2D eigenvalue weighted by Crippen LogP contribution is 2.35. The number of carboxylic acids is 1. The number of H-pyrrole nitrogens is 1. The number of fused-ring (bicyclic) bond motifs is 1. The summed E-state index contributed by atoms with van der Waals surface area (Å²) in [6.07, 6.45) is 3.00. The molecule has 9 heteroatoms. The Bertz CT molecular complexity index is 1360. The molecular formula is C28H33N5O4. The number of rotatable bonds is 12. The molecule has 2 aromatic carbocycles. The number of tetrazole rings is 1. The van der Waals surface area contributed by atoms with Gasteiger partial charge in [0.1, 0.15) is 11.3 Å². The van der Waals surface area contributed by atoms with E-state index in [1.54, 1.807) is 4.90 Å². The summed E-state index contributed by atoms with van der Waals surface area (Å²) in [5.74, 6) is 0.273. The van der Waals surface area contributed by atoms with Crippen molar-refractivity contribution >= 4 is 22.8 Å². The van der Waals surface area contributed by atoms with Gasteiger partial charge in [-0.1, -0.05) is 57.5 Å². The molecule has 0 aliphatic heterocycles. The minimum Gasteiger partial charge on any atom is -0.481 e. The van der Waals surface area contributed by atoms with Gasteiger partial charge in [-0.25, -0.2) is 0 Å². The Morgan fingerprint density at radius 1 is 1.05 bits per heavy atom. The molecule has 0 radical (unpaired) electrons. The Hall–Kier alpha value is -4.01. The lowest BCUT2D eigenvalue weighted by Crippen LogP contribution is -2.44. The average Bonchev–Trinajstić information content (AvgIpc) is 3.59. The molecule has 2 heterocycles. The maximum atomic E-state index is 13.1. The number of aromatic amines is 1. The van der Waals surface area contributed by atoms with Crippen molar-refractivity contribution in [3.05, 3.63) is 54.1 Å². The highest BCUT2D eigenvalue weighted by molar-refractivity contribution is 5.87. The van der Waals surface area contributed by atoms with Gasteiger partial charge in [-0.15, -0.1) is 10.2 Å². The zero-order chi connectivity index (χ0) is 26.4. The number of aliphatic carboxylic acids is 1. The van der Waals surface area contributed by atoms with E-state index in [2.05, 4.69) is 20.6 Å². The molecule has 0 bridgehead atoms. The normalized spacial score (nSPS) is 11.6. The number of furan rings is 1. The quantitative estimate of drug-likeness (QED) is 0.254. The second-order valence-electron chi connectivity index (χ2n) is 9.41. The highest BCUT2D eigenvalue weighted by atomic mass is 16.4. The maximum absolute atomic E-state index is 13.1. The molecule has 4 rings (SSSR count). The molecule has 0 spiro atoms. The van der Waals surface area contributed by atoms with Gasteiger partial charge in [0.05, 0.1) is 5.41 Å². The van der Waals surface area contributed by atoms with Crippen LogP contribution in [-0.4, -0.2) is 49.1 Å². The van der Waals surface area contributed by atoms with Gasteiger partial charge in [-0.2, -0.15) is 5.21 Å². The third kappa shape index (κ3) is 5.55. The average molecular weight is 504 g/mol. The molecule has 0 unspecified atom stereocenters. The highest BCUT2D eigenvalue weighted by Gasteiger charge is 2.38. The van der Waals surface area contributed by atoms with Crippen LogP contribution in [0, 0.1) is 5.41 Å². The summed E-state index contributed by atoms with van der Waals surface area (Å²) in [6.45, 7) is 6.31. The first-order chi connectivity index (χ1) is 17.9. The topological polar surface area (TPSA) is 125 Å². The van der Waals surface area contributed by atoms with E-state index in [0.29, 0.717) is 43.0 Å². The van der Waals surface area contributed by atoms with Crippen LogP contribution in [0.1, 0.15) is 58.4 Å². The van der Waals surface area contributed by atoms with Gasteiger partial charge in [0.25, 0.3) is 0 Å². The summed E-state index contributed by atoms with van der Waals surface area (Å²) in [5, 5.41) is 25.2. The maximum Gasteiger partial charge on any atom is 0.311 e. The van der Waals surface area contributed by atoms with E-state index in [4.69, 9.17) is 4.42 Å². The number of aromatic nitrogens is 4. The number of hydrogen-bond donors (Lipinski definition) is 2. The van der Waals surface area contributed by atoms with E-state index < -0.39 is 11.4 Å². The van der Waals surface area contributed by atoms with E-state index >= 15 is 0 Å². The summed E-state index contributed by atoms with van der Waals surface area (Å²) in [6, 6.07) is 15.5. The van der Waals surface area contributed by atoms with Crippen LogP contribution in [0.15, 0.2) is 52.9 Å². The zero-order valence-electron chi connectivity index (χ0n) is 21.5. The fourth-order valence-electron chi connectivity index (χ4n) is 4.64. The molecule has 2 aromatic heterocycles. The second-order valence-corrected chi connectivity index (χ2v) is 9.41. The minimum absolute atomic E-state index is 0.0172. The molecule has 4 aromatic rings. The third-order valence-electron chi connectivity index (χ3n) is 7.13. The number of unbranched alkanes of at least 4 members (excludes halogenated alkanes) is 1. The largest absolute Gasteiger partial charge is 0.481 e. The van der Waals surface area contributed by atoms with Crippen LogP contribution in [0.4, 0.5) is 0 Å². The summed E-state index contributed by atoms with van der Waals surface area (Å²) < 4.78 is 6.16. The van der Waals surface area contributed by atoms with Crippen LogP contribution in [-0.2, 0) is 16.1 Å². The van der Waals surface area contributed by atoms with Crippen molar-refractivity contribution in [2.45, 2.75) is 59.4 Å². The molecular weight excluding hydrogens is 470 g/mol. The Morgan fingerprint density at radius 2 is 1.81 bits per heavy atom. The number of hydrogen-bond acceptors (Lipinski definition) is 6. The lowest BCUT2D eigenvalue weighted by molar-refractivity contribution is -0.152. The van der Waals surface area contributed by atoms with E-state index in [-0.39, 0.29) is 12.5 Å². The Kier molecular flexibility index (Phi) is 8.01. The van der Waals surface area contributed by atoms with Gasteiger partial charge in [-0.3, -0.25) is 9.59 Å². The fourth-order valence-corrected chi connectivity index (χ4v) is 4.64. The third-order valence-corrected chi connectivity index (χ3v) is 7.13. The first kappa shape index (κ1) is 26.1. The zero-order valence-corrected chi connectivity index (χ0v) is 21.5. The standard InChI is InChI=1S/C28H33N5O4/c1-4-7-12-25(34)33(18-28(5-2,6-3)27(35)36)17-19-13-14-23-20(15-19)16-24(37-23)21-10-8-9-11-22(21)26-29-31-32-30-26/h8-11,13-16H,4-7,12,17-18H2,1-3H3,(H,35,36)(H,29,30,31,32). The van der Waals surface area contributed by atoms with Gasteiger partial charge in [0.15, 0.2) is 0 Å². The first-order valence-electron chi connectivity index (χ1n) is 12.8. The van der Waals surface area contributed by atoms with Gasteiger partial charge < -0.3 is 14.4 Å². The van der Waals surface area contributed by atoms with E-state index in [1.165, 1.54) is 0 Å². The smallest absolute Gasteiger partial charge is 0.311 e. The van der Waals surface area contributed by atoms with Crippen LogP contribution in [0.2, 0.25) is 0 Å². The van der Waals surface area contributed by atoms with Crippen molar-refractivity contribution in [3.8, 4) is 22.7 Å². The van der Waals surface area contributed by atoms with E-state index in [1.807, 2.05) is 69.3 Å². The molecule has 0 saturated heterocycles. The lowest BCUT2D eigenvalue weighted by atomic mass is 9.81. The molecule has 0 aliphatic carbocycles. The lowest BCUT2D eigenvalue weighted by Gasteiger charge is -2.34. The summed E-state index contributed by atoms with van der Waals surface area (Å²) in [4.78, 5) is 27.0. The van der Waals surface area contributed by atoms with Gasteiger partial charge in [0, 0.05) is 36.0 Å². The molecule has 2 N–H and O–H groups in total.